The minimum absolute atomic E-state index is 0.0292. The van der Waals surface area contributed by atoms with Crippen LogP contribution in [-0.2, 0) is 11.2 Å². The highest BCUT2D eigenvalue weighted by Gasteiger charge is 2.32. The van der Waals surface area contributed by atoms with Gasteiger partial charge >= 0.3 is 5.63 Å². The summed E-state index contributed by atoms with van der Waals surface area (Å²) in [5, 5.41) is 0.856. The van der Waals surface area contributed by atoms with Crippen LogP contribution in [0.4, 0.5) is 0 Å². The number of methoxy groups -OCH3 is 1. The van der Waals surface area contributed by atoms with Gasteiger partial charge in [0.05, 0.1) is 24.2 Å². The van der Waals surface area contributed by atoms with Crippen molar-refractivity contribution >= 4 is 27.9 Å². The fourth-order valence-electron chi connectivity index (χ4n) is 4.65. The predicted octanol–water partition coefficient (Wildman–Crippen LogP) is 4.28. The summed E-state index contributed by atoms with van der Waals surface area (Å²) >= 11 is 0. The second-order valence-corrected chi connectivity index (χ2v) is 8.24. The number of ether oxygens (including phenoxy) is 1. The topological polar surface area (TPSA) is 88.4 Å². The normalized spacial score (nSPS) is 16.2. The van der Waals surface area contributed by atoms with Crippen LogP contribution in [0.1, 0.15) is 42.3 Å². The first-order valence-electron chi connectivity index (χ1n) is 10.9. The third-order valence-corrected chi connectivity index (χ3v) is 6.38. The highest BCUT2D eigenvalue weighted by atomic mass is 16.5. The van der Waals surface area contributed by atoms with Gasteiger partial charge < -0.3 is 19.0 Å². The number of hydrogen-bond donors (Lipinski definition) is 1. The van der Waals surface area contributed by atoms with Gasteiger partial charge in [-0.05, 0) is 56.0 Å². The number of benzene rings is 2. The molecule has 2 aromatic heterocycles. The Morgan fingerprint density at radius 3 is 2.94 bits per heavy atom. The third kappa shape index (κ3) is 3.53. The molecule has 164 valence electrons. The molecule has 32 heavy (non-hydrogen) atoms. The molecule has 1 saturated heterocycles. The lowest BCUT2D eigenvalue weighted by Gasteiger charge is -2.23. The zero-order valence-corrected chi connectivity index (χ0v) is 18.2. The highest BCUT2D eigenvalue weighted by molar-refractivity contribution is 5.83. The summed E-state index contributed by atoms with van der Waals surface area (Å²) in [6.07, 6.45) is 2.42. The SMILES string of the molecule is COc1ccc2c(C)c(CCC(=O)N3CCC[C@H]3c3nc4ccccc4[nH]3)c(=O)oc2c1. The number of H-pyrrole nitrogens is 1. The number of aromatic amines is 1. The predicted molar refractivity (Wildman–Crippen MR) is 122 cm³/mol. The zero-order valence-electron chi connectivity index (χ0n) is 18.2. The Balaban J connectivity index is 1.36. The molecule has 1 amide bonds. The van der Waals surface area contributed by atoms with Gasteiger partial charge in [0.15, 0.2) is 0 Å². The second-order valence-electron chi connectivity index (χ2n) is 8.24. The Bertz CT molecular complexity index is 1340. The lowest BCUT2D eigenvalue weighted by Crippen LogP contribution is -2.31. The molecule has 0 aliphatic carbocycles. The highest BCUT2D eigenvalue weighted by Crippen LogP contribution is 2.32. The number of hydrogen-bond acceptors (Lipinski definition) is 5. The van der Waals surface area contributed by atoms with Gasteiger partial charge in [0.1, 0.15) is 17.2 Å². The van der Waals surface area contributed by atoms with Crippen molar-refractivity contribution in [2.75, 3.05) is 13.7 Å². The molecule has 0 spiro atoms. The third-order valence-electron chi connectivity index (χ3n) is 6.38. The Kier molecular flexibility index (Phi) is 5.17. The van der Waals surface area contributed by atoms with Crippen LogP contribution in [0.25, 0.3) is 22.0 Å². The molecule has 1 atom stereocenters. The van der Waals surface area contributed by atoms with Crippen LogP contribution in [0.15, 0.2) is 51.7 Å². The second kappa shape index (κ2) is 8.15. The van der Waals surface area contributed by atoms with Crippen molar-refractivity contribution in [2.24, 2.45) is 0 Å². The van der Waals surface area contributed by atoms with Crippen LogP contribution >= 0.6 is 0 Å². The first kappa shape index (κ1) is 20.3. The van der Waals surface area contributed by atoms with Gasteiger partial charge in [-0.3, -0.25) is 4.79 Å². The lowest BCUT2D eigenvalue weighted by atomic mass is 10.0. The molecule has 0 bridgehead atoms. The van der Waals surface area contributed by atoms with Crippen molar-refractivity contribution in [3.8, 4) is 5.75 Å². The molecule has 5 rings (SSSR count). The van der Waals surface area contributed by atoms with Gasteiger partial charge in [-0.25, -0.2) is 9.78 Å². The number of carbonyl (C=O) groups excluding carboxylic acids is 1. The minimum atomic E-state index is -0.397. The first-order valence-corrected chi connectivity index (χ1v) is 10.9. The molecular formula is C25H25N3O4. The summed E-state index contributed by atoms with van der Waals surface area (Å²) in [6, 6.07) is 13.3. The van der Waals surface area contributed by atoms with Crippen LogP contribution in [0.2, 0.25) is 0 Å². The number of imidazole rings is 1. The number of fused-ring (bicyclic) bond motifs is 2. The number of rotatable bonds is 5. The number of aryl methyl sites for hydroxylation is 1. The number of carbonyl (C=O) groups is 1. The van der Waals surface area contributed by atoms with Crippen molar-refractivity contribution in [3.05, 3.63) is 69.8 Å². The molecule has 4 aromatic rings. The quantitative estimate of drug-likeness (QED) is 0.477. The molecule has 2 aromatic carbocycles. The maximum atomic E-state index is 13.1. The average Bonchev–Trinajstić information content (AvgIpc) is 3.45. The van der Waals surface area contributed by atoms with Gasteiger partial charge in [-0.2, -0.15) is 0 Å². The van der Waals surface area contributed by atoms with E-state index in [0.717, 1.165) is 40.6 Å². The van der Waals surface area contributed by atoms with Crippen LogP contribution < -0.4 is 10.4 Å². The summed E-state index contributed by atoms with van der Waals surface area (Å²) in [7, 11) is 1.57. The summed E-state index contributed by atoms with van der Waals surface area (Å²) in [4.78, 5) is 35.7. The van der Waals surface area contributed by atoms with Crippen LogP contribution in [0.5, 0.6) is 5.75 Å². The van der Waals surface area contributed by atoms with Gasteiger partial charge in [0.2, 0.25) is 5.91 Å². The van der Waals surface area contributed by atoms with Crippen molar-refractivity contribution < 1.29 is 13.9 Å². The Hall–Kier alpha value is -3.61. The molecule has 1 aliphatic heterocycles. The first-order chi connectivity index (χ1) is 15.5. The van der Waals surface area contributed by atoms with Gasteiger partial charge in [0.25, 0.3) is 0 Å². The molecule has 1 aliphatic rings. The van der Waals surface area contributed by atoms with E-state index in [2.05, 4.69) is 4.98 Å². The monoisotopic (exact) mass is 431 g/mol. The summed E-state index contributed by atoms with van der Waals surface area (Å²) in [5.41, 5.74) is 3.38. The van der Waals surface area contributed by atoms with Crippen molar-refractivity contribution in [2.45, 2.75) is 38.6 Å². The van der Waals surface area contributed by atoms with Crippen molar-refractivity contribution in [1.82, 2.24) is 14.9 Å². The molecule has 3 heterocycles. The molecule has 7 heteroatoms. The van der Waals surface area contributed by atoms with Gasteiger partial charge in [-0.15, -0.1) is 0 Å². The van der Waals surface area contributed by atoms with Crippen LogP contribution in [-0.4, -0.2) is 34.4 Å². The zero-order chi connectivity index (χ0) is 22.2. The average molecular weight is 431 g/mol. The minimum Gasteiger partial charge on any atom is -0.497 e. The number of nitrogens with one attached hydrogen (secondary N) is 1. The number of likely N-dealkylation sites (tertiary alicyclic amines) is 1. The number of nitrogens with zero attached hydrogens (tertiary/aromatic N) is 2. The van der Waals surface area contributed by atoms with E-state index in [9.17, 15) is 9.59 Å². The maximum absolute atomic E-state index is 13.1. The van der Waals surface area contributed by atoms with E-state index in [1.807, 2.05) is 48.2 Å². The Labute approximate surface area is 185 Å². The van der Waals surface area contributed by atoms with E-state index < -0.39 is 5.63 Å². The Morgan fingerprint density at radius 2 is 2.12 bits per heavy atom. The number of amides is 1. The van der Waals surface area contributed by atoms with Crippen molar-refractivity contribution in [3.63, 3.8) is 0 Å². The smallest absolute Gasteiger partial charge is 0.339 e. The Morgan fingerprint density at radius 1 is 1.28 bits per heavy atom. The molecule has 1 fully saturated rings. The van der Waals surface area contributed by atoms with E-state index in [0.29, 0.717) is 29.9 Å². The molecule has 0 radical (unpaired) electrons. The molecular weight excluding hydrogens is 406 g/mol. The fraction of sp³-hybridized carbons (Fsp3) is 0.320. The number of aromatic nitrogens is 2. The summed E-state index contributed by atoms with van der Waals surface area (Å²) < 4.78 is 10.7. The molecule has 7 nitrogen and oxygen atoms in total. The molecule has 0 unspecified atom stereocenters. The summed E-state index contributed by atoms with van der Waals surface area (Å²) in [6.45, 7) is 2.60. The fourth-order valence-corrected chi connectivity index (χ4v) is 4.65. The number of para-hydroxylation sites is 2. The lowest BCUT2D eigenvalue weighted by molar-refractivity contribution is -0.132. The maximum Gasteiger partial charge on any atom is 0.339 e. The van der Waals surface area contributed by atoms with Crippen molar-refractivity contribution in [1.29, 1.82) is 0 Å². The standard InChI is InChI=1S/C25H25N3O4/c1-15-17-10-9-16(31-2)14-22(17)32-25(30)18(15)11-12-23(29)28-13-5-8-21(28)24-26-19-6-3-4-7-20(19)27-24/h3-4,6-7,9-10,14,21H,5,8,11-13H2,1-2H3,(H,26,27)/t21-/m0/s1. The summed E-state index contributed by atoms with van der Waals surface area (Å²) in [5.74, 6) is 1.49. The van der Waals surface area contributed by atoms with E-state index in [4.69, 9.17) is 14.1 Å². The van der Waals surface area contributed by atoms with Crippen LogP contribution in [0, 0.1) is 6.92 Å². The molecule has 1 N–H and O–H groups in total. The van der Waals surface area contributed by atoms with E-state index in [-0.39, 0.29) is 18.4 Å². The van der Waals surface area contributed by atoms with E-state index in [1.54, 1.807) is 13.2 Å². The molecule has 0 saturated carbocycles. The van der Waals surface area contributed by atoms with Gasteiger partial charge in [-0.1, -0.05) is 12.1 Å². The van der Waals surface area contributed by atoms with E-state index >= 15 is 0 Å². The van der Waals surface area contributed by atoms with E-state index in [1.165, 1.54) is 0 Å². The largest absolute Gasteiger partial charge is 0.497 e. The van der Waals surface area contributed by atoms with Gasteiger partial charge in [0, 0.05) is 30.0 Å². The van der Waals surface area contributed by atoms with Crippen LogP contribution in [0.3, 0.4) is 0 Å².